The summed E-state index contributed by atoms with van der Waals surface area (Å²) in [4.78, 5) is 34.3. The lowest BCUT2D eigenvalue weighted by Gasteiger charge is -2.28. The molecule has 0 fully saturated rings. The summed E-state index contributed by atoms with van der Waals surface area (Å²) in [6, 6.07) is 14.9. The third-order valence-corrected chi connectivity index (χ3v) is 5.11. The van der Waals surface area contributed by atoms with Gasteiger partial charge >= 0.3 is 0 Å². The highest BCUT2D eigenvalue weighted by atomic mass is 16.2. The van der Waals surface area contributed by atoms with Crippen LogP contribution in [0.25, 0.3) is 10.9 Å². The molecule has 0 saturated carbocycles. The minimum Gasteiger partial charge on any atom is -0.378 e. The van der Waals surface area contributed by atoms with E-state index in [0.717, 1.165) is 11.4 Å². The van der Waals surface area contributed by atoms with Gasteiger partial charge in [-0.15, -0.1) is 0 Å². The van der Waals surface area contributed by atoms with Crippen molar-refractivity contribution in [2.75, 3.05) is 23.9 Å². The number of fused-ring (bicyclic) bond motifs is 2. The molecule has 0 saturated heterocycles. The van der Waals surface area contributed by atoms with Crippen molar-refractivity contribution in [3.8, 4) is 0 Å². The molecule has 6 nitrogen and oxygen atoms in total. The van der Waals surface area contributed by atoms with E-state index in [2.05, 4.69) is 0 Å². The van der Waals surface area contributed by atoms with Gasteiger partial charge in [0.15, 0.2) is 0 Å². The van der Waals surface area contributed by atoms with Gasteiger partial charge in [-0.2, -0.15) is 0 Å². The molecular weight excluding hydrogens is 340 g/mol. The van der Waals surface area contributed by atoms with Crippen LogP contribution in [-0.2, 0) is 11.3 Å². The Morgan fingerprint density at radius 1 is 1.04 bits per heavy atom. The summed E-state index contributed by atoms with van der Waals surface area (Å²) in [6.07, 6.45) is 0.271. The molecule has 4 rings (SSSR count). The topological polar surface area (TPSA) is 58.4 Å². The van der Waals surface area contributed by atoms with Crippen LogP contribution in [-0.4, -0.2) is 29.6 Å². The standard InChI is InChI=1S/C21H22N4O2/c1-14-20-22-18-7-5-4-6-17(18)21(27)24(20)13-12-19(26)25(14)16-10-8-15(9-11-16)23(2)3/h4-11,14H,12-13H2,1-3H3. The fraction of sp³-hybridized carbons (Fsp3) is 0.286. The Morgan fingerprint density at radius 3 is 2.44 bits per heavy atom. The fourth-order valence-electron chi connectivity index (χ4n) is 3.66. The molecule has 1 atom stereocenters. The van der Waals surface area contributed by atoms with E-state index in [1.165, 1.54) is 0 Å². The molecule has 27 heavy (non-hydrogen) atoms. The van der Waals surface area contributed by atoms with Crippen molar-refractivity contribution in [1.29, 1.82) is 0 Å². The highest BCUT2D eigenvalue weighted by molar-refractivity contribution is 5.94. The van der Waals surface area contributed by atoms with E-state index in [9.17, 15) is 9.59 Å². The average molecular weight is 362 g/mol. The van der Waals surface area contributed by atoms with Crippen LogP contribution >= 0.6 is 0 Å². The van der Waals surface area contributed by atoms with Crippen molar-refractivity contribution in [3.05, 3.63) is 64.7 Å². The lowest BCUT2D eigenvalue weighted by atomic mass is 10.1. The third-order valence-electron chi connectivity index (χ3n) is 5.11. The SMILES string of the molecule is CC1c2nc3ccccc3c(=O)n2CCC(=O)N1c1ccc(N(C)C)cc1. The molecule has 1 unspecified atom stereocenters. The maximum atomic E-state index is 12.9. The molecule has 1 aliphatic heterocycles. The van der Waals surface area contributed by atoms with E-state index in [1.54, 1.807) is 15.5 Å². The summed E-state index contributed by atoms with van der Waals surface area (Å²) >= 11 is 0. The Hall–Kier alpha value is -3.15. The first-order chi connectivity index (χ1) is 13.0. The van der Waals surface area contributed by atoms with Gasteiger partial charge in [-0.3, -0.25) is 14.2 Å². The van der Waals surface area contributed by atoms with Gasteiger partial charge in [0.1, 0.15) is 5.82 Å². The molecule has 1 aromatic heterocycles. The summed E-state index contributed by atoms with van der Waals surface area (Å²) in [5, 5.41) is 0.588. The number of para-hydroxylation sites is 1. The normalized spacial score (nSPS) is 16.9. The Bertz CT molecular complexity index is 1070. The van der Waals surface area contributed by atoms with Crippen molar-refractivity contribution < 1.29 is 4.79 Å². The van der Waals surface area contributed by atoms with Crippen molar-refractivity contribution in [1.82, 2.24) is 9.55 Å². The number of aromatic nitrogens is 2. The summed E-state index contributed by atoms with van der Waals surface area (Å²) < 4.78 is 1.65. The number of rotatable bonds is 2. The Morgan fingerprint density at radius 2 is 1.74 bits per heavy atom. The van der Waals surface area contributed by atoms with E-state index < -0.39 is 0 Å². The number of anilines is 2. The van der Waals surface area contributed by atoms with E-state index in [1.807, 2.05) is 68.4 Å². The van der Waals surface area contributed by atoms with Crippen molar-refractivity contribution in [3.63, 3.8) is 0 Å². The number of hydrogen-bond donors (Lipinski definition) is 0. The van der Waals surface area contributed by atoms with E-state index in [-0.39, 0.29) is 23.9 Å². The average Bonchev–Trinajstić information content (AvgIpc) is 2.79. The molecule has 0 N–H and O–H groups in total. The van der Waals surface area contributed by atoms with Gasteiger partial charge in [-0.25, -0.2) is 4.98 Å². The first-order valence-corrected chi connectivity index (χ1v) is 9.06. The fourth-order valence-corrected chi connectivity index (χ4v) is 3.66. The highest BCUT2D eigenvalue weighted by Crippen LogP contribution is 2.30. The molecule has 0 radical (unpaired) electrons. The van der Waals surface area contributed by atoms with Crippen molar-refractivity contribution in [2.24, 2.45) is 0 Å². The number of nitrogens with zero attached hydrogens (tertiary/aromatic N) is 4. The monoisotopic (exact) mass is 362 g/mol. The number of carbonyl (C=O) groups is 1. The lowest BCUT2D eigenvalue weighted by Crippen LogP contribution is -2.33. The molecule has 2 heterocycles. The van der Waals surface area contributed by atoms with Gasteiger partial charge in [-0.1, -0.05) is 12.1 Å². The summed E-state index contributed by atoms with van der Waals surface area (Å²) in [7, 11) is 3.96. The van der Waals surface area contributed by atoms with E-state index in [0.29, 0.717) is 23.3 Å². The Balaban J connectivity index is 1.84. The third kappa shape index (κ3) is 2.87. The van der Waals surface area contributed by atoms with Crippen LogP contribution in [0.5, 0.6) is 0 Å². The number of amides is 1. The zero-order valence-electron chi connectivity index (χ0n) is 15.7. The predicted molar refractivity (Wildman–Crippen MR) is 107 cm³/mol. The van der Waals surface area contributed by atoms with Gasteiger partial charge in [0.25, 0.3) is 5.56 Å². The van der Waals surface area contributed by atoms with Crippen LogP contribution in [0.4, 0.5) is 11.4 Å². The molecule has 1 aliphatic rings. The minimum atomic E-state index is -0.331. The Labute approximate surface area is 157 Å². The molecule has 0 spiro atoms. The second-order valence-electron chi connectivity index (χ2n) is 7.04. The van der Waals surface area contributed by atoms with Crippen LogP contribution in [0.15, 0.2) is 53.3 Å². The number of benzene rings is 2. The smallest absolute Gasteiger partial charge is 0.261 e. The molecule has 6 heteroatoms. The maximum Gasteiger partial charge on any atom is 0.261 e. The second kappa shape index (κ2) is 6.54. The first kappa shape index (κ1) is 17.3. The second-order valence-corrected chi connectivity index (χ2v) is 7.04. The van der Waals surface area contributed by atoms with E-state index in [4.69, 9.17) is 4.98 Å². The van der Waals surface area contributed by atoms with Crippen LogP contribution in [0.2, 0.25) is 0 Å². The first-order valence-electron chi connectivity index (χ1n) is 9.06. The van der Waals surface area contributed by atoms with Gasteiger partial charge in [0, 0.05) is 38.4 Å². The van der Waals surface area contributed by atoms with Gasteiger partial charge in [-0.05, 0) is 43.3 Å². The van der Waals surface area contributed by atoms with Crippen LogP contribution in [0.1, 0.15) is 25.2 Å². The summed E-state index contributed by atoms with van der Waals surface area (Å²) in [5.41, 5.74) is 2.46. The van der Waals surface area contributed by atoms with Crippen LogP contribution in [0.3, 0.4) is 0 Å². The number of hydrogen-bond acceptors (Lipinski definition) is 4. The maximum absolute atomic E-state index is 12.9. The largest absolute Gasteiger partial charge is 0.378 e. The molecule has 3 aromatic rings. The molecule has 138 valence electrons. The molecule has 0 bridgehead atoms. The summed E-state index contributed by atoms with van der Waals surface area (Å²) in [6.45, 7) is 2.28. The van der Waals surface area contributed by atoms with Crippen molar-refractivity contribution in [2.45, 2.75) is 25.9 Å². The van der Waals surface area contributed by atoms with Crippen LogP contribution < -0.4 is 15.4 Å². The number of carbonyl (C=O) groups excluding carboxylic acids is 1. The Kier molecular flexibility index (Phi) is 4.18. The lowest BCUT2D eigenvalue weighted by molar-refractivity contribution is -0.119. The van der Waals surface area contributed by atoms with Gasteiger partial charge < -0.3 is 9.80 Å². The zero-order chi connectivity index (χ0) is 19.1. The van der Waals surface area contributed by atoms with Crippen LogP contribution in [0, 0.1) is 0 Å². The predicted octanol–water partition coefficient (Wildman–Crippen LogP) is 2.96. The molecule has 0 aliphatic carbocycles. The van der Waals surface area contributed by atoms with Crippen molar-refractivity contribution >= 4 is 28.2 Å². The molecular formula is C21H22N4O2. The minimum absolute atomic E-state index is 0.00550. The zero-order valence-corrected chi connectivity index (χ0v) is 15.7. The molecule has 2 aromatic carbocycles. The van der Waals surface area contributed by atoms with Gasteiger partial charge in [0.2, 0.25) is 5.91 Å². The van der Waals surface area contributed by atoms with Gasteiger partial charge in [0.05, 0.1) is 16.9 Å². The quantitative estimate of drug-likeness (QED) is 0.703. The molecule has 1 amide bonds. The summed E-state index contributed by atoms with van der Waals surface area (Å²) in [5.74, 6) is 0.621. The van der Waals surface area contributed by atoms with E-state index >= 15 is 0 Å². The highest BCUT2D eigenvalue weighted by Gasteiger charge is 2.30.